The molecule has 0 fully saturated rings. The fourth-order valence-electron chi connectivity index (χ4n) is 2.07. The standard InChI is InChI=1S/C15H15F3N2/c1-10-7-8-20-13(9-10)14(19-2)11-3-5-12(6-4-11)15(16,17)18/h3-9,14,19H,1-2H3. The smallest absolute Gasteiger partial charge is 0.308 e. The summed E-state index contributed by atoms with van der Waals surface area (Å²) < 4.78 is 37.7. The lowest BCUT2D eigenvalue weighted by molar-refractivity contribution is -0.137. The largest absolute Gasteiger partial charge is 0.416 e. The Kier molecular flexibility index (Phi) is 4.09. The van der Waals surface area contributed by atoms with E-state index >= 15 is 0 Å². The molecule has 0 spiro atoms. The summed E-state index contributed by atoms with van der Waals surface area (Å²) in [7, 11) is 1.76. The van der Waals surface area contributed by atoms with E-state index in [9.17, 15) is 13.2 Å². The van der Waals surface area contributed by atoms with Gasteiger partial charge in [0, 0.05) is 6.20 Å². The first-order valence-corrected chi connectivity index (χ1v) is 6.19. The zero-order valence-corrected chi connectivity index (χ0v) is 11.2. The Labute approximate surface area is 115 Å². The van der Waals surface area contributed by atoms with E-state index in [1.54, 1.807) is 13.2 Å². The van der Waals surface area contributed by atoms with Crippen LogP contribution in [0.25, 0.3) is 0 Å². The third-order valence-electron chi connectivity index (χ3n) is 3.09. The number of aryl methyl sites for hydroxylation is 1. The predicted octanol–water partition coefficient (Wildman–Crippen LogP) is 3.72. The van der Waals surface area contributed by atoms with E-state index in [2.05, 4.69) is 10.3 Å². The summed E-state index contributed by atoms with van der Waals surface area (Å²) in [5.41, 5.74) is 1.95. The monoisotopic (exact) mass is 280 g/mol. The molecular weight excluding hydrogens is 265 g/mol. The van der Waals surface area contributed by atoms with Crippen molar-refractivity contribution in [3.05, 3.63) is 65.0 Å². The summed E-state index contributed by atoms with van der Waals surface area (Å²) in [6, 6.07) is 8.71. The van der Waals surface area contributed by atoms with Crippen molar-refractivity contribution in [1.82, 2.24) is 10.3 Å². The van der Waals surface area contributed by atoms with Gasteiger partial charge in [0.1, 0.15) is 0 Å². The van der Waals surface area contributed by atoms with Crippen molar-refractivity contribution in [3.63, 3.8) is 0 Å². The lowest BCUT2D eigenvalue weighted by Gasteiger charge is -2.17. The van der Waals surface area contributed by atoms with Crippen molar-refractivity contribution in [2.75, 3.05) is 7.05 Å². The first kappa shape index (κ1) is 14.5. The van der Waals surface area contributed by atoms with Crippen LogP contribution in [-0.2, 0) is 6.18 Å². The van der Waals surface area contributed by atoms with Crippen molar-refractivity contribution in [2.24, 2.45) is 0 Å². The molecular formula is C15H15F3N2. The maximum atomic E-state index is 12.6. The third kappa shape index (κ3) is 3.17. The molecule has 2 aromatic rings. The topological polar surface area (TPSA) is 24.9 Å². The van der Waals surface area contributed by atoms with Crippen molar-refractivity contribution in [2.45, 2.75) is 19.1 Å². The van der Waals surface area contributed by atoms with Crippen LogP contribution in [0, 0.1) is 6.92 Å². The molecule has 1 atom stereocenters. The zero-order valence-electron chi connectivity index (χ0n) is 11.2. The third-order valence-corrected chi connectivity index (χ3v) is 3.09. The van der Waals surface area contributed by atoms with Crippen LogP contribution in [0.4, 0.5) is 13.2 Å². The average Bonchev–Trinajstić information content (AvgIpc) is 2.39. The Morgan fingerprint density at radius 2 is 1.75 bits per heavy atom. The molecule has 1 unspecified atom stereocenters. The average molecular weight is 280 g/mol. The van der Waals surface area contributed by atoms with Crippen LogP contribution in [0.2, 0.25) is 0 Å². The molecule has 0 saturated carbocycles. The summed E-state index contributed by atoms with van der Waals surface area (Å²) in [6.07, 6.45) is -2.62. The number of rotatable bonds is 3. The van der Waals surface area contributed by atoms with Crippen molar-refractivity contribution in [1.29, 1.82) is 0 Å². The summed E-state index contributed by atoms with van der Waals surface area (Å²) in [5.74, 6) is 0. The van der Waals surface area contributed by atoms with Gasteiger partial charge in [-0.2, -0.15) is 13.2 Å². The molecule has 0 aliphatic rings. The number of aromatic nitrogens is 1. The van der Waals surface area contributed by atoms with Gasteiger partial charge in [0.25, 0.3) is 0 Å². The van der Waals surface area contributed by atoms with Gasteiger partial charge >= 0.3 is 6.18 Å². The molecule has 0 aliphatic carbocycles. The SMILES string of the molecule is CNC(c1ccc(C(F)(F)F)cc1)c1cc(C)ccn1. The number of halogens is 3. The molecule has 1 aromatic heterocycles. The first-order valence-electron chi connectivity index (χ1n) is 6.19. The molecule has 1 aromatic carbocycles. The van der Waals surface area contributed by atoms with Crippen LogP contribution in [0.1, 0.15) is 28.4 Å². The minimum Gasteiger partial charge on any atom is -0.308 e. The molecule has 5 heteroatoms. The van der Waals surface area contributed by atoms with Crippen molar-refractivity contribution in [3.8, 4) is 0 Å². The van der Waals surface area contributed by atoms with E-state index in [0.29, 0.717) is 0 Å². The Morgan fingerprint density at radius 3 is 2.25 bits per heavy atom. The highest BCUT2D eigenvalue weighted by molar-refractivity contribution is 5.32. The maximum Gasteiger partial charge on any atom is 0.416 e. The van der Waals surface area contributed by atoms with Gasteiger partial charge in [-0.05, 0) is 49.4 Å². The zero-order chi connectivity index (χ0) is 14.8. The normalized spacial score (nSPS) is 13.2. The van der Waals surface area contributed by atoms with E-state index in [-0.39, 0.29) is 6.04 Å². The molecule has 0 saturated heterocycles. The predicted molar refractivity (Wildman–Crippen MR) is 71.3 cm³/mol. The molecule has 106 valence electrons. The van der Waals surface area contributed by atoms with Crippen molar-refractivity contribution < 1.29 is 13.2 Å². The first-order chi connectivity index (χ1) is 9.41. The second-order valence-electron chi connectivity index (χ2n) is 4.60. The van der Waals surface area contributed by atoms with E-state index < -0.39 is 11.7 Å². The number of nitrogens with zero attached hydrogens (tertiary/aromatic N) is 1. The summed E-state index contributed by atoms with van der Waals surface area (Å²) >= 11 is 0. The second-order valence-corrected chi connectivity index (χ2v) is 4.60. The number of pyridine rings is 1. The van der Waals surface area contributed by atoms with Gasteiger partial charge in [-0.3, -0.25) is 4.98 Å². The van der Waals surface area contributed by atoms with E-state index in [0.717, 1.165) is 29.0 Å². The molecule has 0 amide bonds. The van der Waals surface area contributed by atoms with Crippen LogP contribution >= 0.6 is 0 Å². The van der Waals surface area contributed by atoms with E-state index in [1.165, 1.54) is 12.1 Å². The minimum absolute atomic E-state index is 0.225. The van der Waals surface area contributed by atoms with Crippen LogP contribution in [0.15, 0.2) is 42.6 Å². The number of alkyl halides is 3. The fraction of sp³-hybridized carbons (Fsp3) is 0.267. The van der Waals surface area contributed by atoms with Gasteiger partial charge in [-0.1, -0.05) is 12.1 Å². The Bertz CT molecular complexity index is 576. The highest BCUT2D eigenvalue weighted by Crippen LogP contribution is 2.30. The summed E-state index contributed by atoms with van der Waals surface area (Å²) in [6.45, 7) is 1.95. The van der Waals surface area contributed by atoms with Crippen LogP contribution in [0.5, 0.6) is 0 Å². The Balaban J connectivity index is 2.33. The number of benzene rings is 1. The molecule has 20 heavy (non-hydrogen) atoms. The number of hydrogen-bond acceptors (Lipinski definition) is 2. The molecule has 2 rings (SSSR count). The van der Waals surface area contributed by atoms with Gasteiger partial charge in [0.2, 0.25) is 0 Å². The van der Waals surface area contributed by atoms with Crippen LogP contribution < -0.4 is 5.32 Å². The highest BCUT2D eigenvalue weighted by Gasteiger charge is 2.30. The Morgan fingerprint density at radius 1 is 1.10 bits per heavy atom. The number of nitrogens with one attached hydrogen (secondary N) is 1. The molecule has 1 N–H and O–H groups in total. The number of hydrogen-bond donors (Lipinski definition) is 1. The van der Waals surface area contributed by atoms with E-state index in [1.807, 2.05) is 19.1 Å². The lowest BCUT2D eigenvalue weighted by Crippen LogP contribution is -2.19. The van der Waals surface area contributed by atoms with Crippen LogP contribution in [0.3, 0.4) is 0 Å². The van der Waals surface area contributed by atoms with Gasteiger partial charge in [-0.25, -0.2) is 0 Å². The van der Waals surface area contributed by atoms with E-state index in [4.69, 9.17) is 0 Å². The minimum atomic E-state index is -4.31. The summed E-state index contributed by atoms with van der Waals surface area (Å²) in [5, 5.41) is 3.08. The second kappa shape index (κ2) is 5.63. The van der Waals surface area contributed by atoms with Crippen molar-refractivity contribution >= 4 is 0 Å². The molecule has 0 radical (unpaired) electrons. The molecule has 2 nitrogen and oxygen atoms in total. The highest BCUT2D eigenvalue weighted by atomic mass is 19.4. The lowest BCUT2D eigenvalue weighted by atomic mass is 10.0. The summed E-state index contributed by atoms with van der Waals surface area (Å²) in [4.78, 5) is 4.27. The quantitative estimate of drug-likeness (QED) is 0.927. The molecule has 1 heterocycles. The van der Waals surface area contributed by atoms with Gasteiger partial charge < -0.3 is 5.32 Å². The molecule has 0 bridgehead atoms. The fourth-order valence-corrected chi connectivity index (χ4v) is 2.07. The molecule has 0 aliphatic heterocycles. The maximum absolute atomic E-state index is 12.6. The van der Waals surface area contributed by atoms with Gasteiger partial charge in [0.05, 0.1) is 17.3 Å². The Hall–Kier alpha value is -1.88. The van der Waals surface area contributed by atoms with Gasteiger partial charge in [0.15, 0.2) is 0 Å². The van der Waals surface area contributed by atoms with Crippen LogP contribution in [-0.4, -0.2) is 12.0 Å². The van der Waals surface area contributed by atoms with Gasteiger partial charge in [-0.15, -0.1) is 0 Å².